The van der Waals surface area contributed by atoms with Gasteiger partial charge in [-0.15, -0.1) is 0 Å². The third-order valence-electron chi connectivity index (χ3n) is 6.18. The average molecular weight is 281 g/mol. The molecule has 3 N–H and O–H groups in total. The van der Waals surface area contributed by atoms with E-state index in [0.29, 0.717) is 43.4 Å². The van der Waals surface area contributed by atoms with Gasteiger partial charge in [0.15, 0.2) is 0 Å². The second-order valence-corrected chi connectivity index (χ2v) is 8.20. The molecule has 0 aromatic carbocycles. The molecule has 2 aliphatic rings. The molecule has 0 saturated heterocycles. The van der Waals surface area contributed by atoms with Gasteiger partial charge in [-0.25, -0.2) is 0 Å². The largest absolute Gasteiger partial charge is 0.389 e. The maximum Gasteiger partial charge on any atom is 0.133 e. The number of carbonyl (C=O) groups excluding carboxylic acids is 1. The Bertz CT molecular complexity index is 352. The summed E-state index contributed by atoms with van der Waals surface area (Å²) in [4.78, 5) is 11.5. The maximum absolute atomic E-state index is 11.5. The van der Waals surface area contributed by atoms with E-state index in [-0.39, 0.29) is 5.41 Å². The number of rotatable bonds is 2. The molecule has 2 fully saturated rings. The molecule has 0 aromatic rings. The SMILES string of the molecule is CC(C)(C)C1CCC(CN)(C2(O)CCC(=O)CC2)CC1. The summed E-state index contributed by atoms with van der Waals surface area (Å²) in [5, 5.41) is 11.1. The Morgan fingerprint density at radius 1 is 1.15 bits per heavy atom. The first-order chi connectivity index (χ1) is 9.22. The standard InChI is InChI=1S/C17H31NO2/c1-15(2,3)13-4-8-16(12-18,9-5-13)17(20)10-6-14(19)7-11-17/h13,20H,4-12,18H2,1-3H3. The number of Topliss-reactive ketones (excluding diaryl/α,β-unsaturated/α-hetero) is 1. The molecule has 2 aliphatic carbocycles. The topological polar surface area (TPSA) is 63.3 Å². The van der Waals surface area contributed by atoms with Gasteiger partial charge in [-0.2, -0.15) is 0 Å². The van der Waals surface area contributed by atoms with Gasteiger partial charge in [0.05, 0.1) is 5.60 Å². The molecule has 0 spiro atoms. The third kappa shape index (κ3) is 2.80. The number of hydrogen-bond acceptors (Lipinski definition) is 3. The molecule has 0 atom stereocenters. The van der Waals surface area contributed by atoms with Gasteiger partial charge in [-0.3, -0.25) is 4.79 Å². The number of ketones is 1. The molecular formula is C17H31NO2. The van der Waals surface area contributed by atoms with Gasteiger partial charge < -0.3 is 10.8 Å². The van der Waals surface area contributed by atoms with Crippen LogP contribution in [-0.2, 0) is 4.79 Å². The van der Waals surface area contributed by atoms with E-state index in [1.165, 1.54) is 0 Å². The second-order valence-electron chi connectivity index (χ2n) is 8.20. The van der Waals surface area contributed by atoms with Crippen LogP contribution in [0.2, 0.25) is 0 Å². The lowest BCUT2D eigenvalue weighted by Crippen LogP contribution is -2.56. The van der Waals surface area contributed by atoms with Gasteiger partial charge in [0.1, 0.15) is 5.78 Å². The fraction of sp³-hybridized carbons (Fsp3) is 0.941. The molecule has 20 heavy (non-hydrogen) atoms. The Morgan fingerprint density at radius 3 is 2.05 bits per heavy atom. The summed E-state index contributed by atoms with van der Waals surface area (Å²) in [7, 11) is 0. The highest BCUT2D eigenvalue weighted by Crippen LogP contribution is 2.53. The van der Waals surface area contributed by atoms with Crippen molar-refractivity contribution in [1.29, 1.82) is 0 Å². The van der Waals surface area contributed by atoms with E-state index < -0.39 is 5.60 Å². The molecule has 0 aromatic heterocycles. The number of nitrogens with two attached hydrogens (primary N) is 1. The van der Waals surface area contributed by atoms with Crippen LogP contribution in [0.1, 0.15) is 72.1 Å². The van der Waals surface area contributed by atoms with Crippen LogP contribution in [0.5, 0.6) is 0 Å². The summed E-state index contributed by atoms with van der Waals surface area (Å²) in [5.74, 6) is 1.02. The first-order valence-corrected chi connectivity index (χ1v) is 8.17. The molecule has 0 radical (unpaired) electrons. The molecular weight excluding hydrogens is 250 g/mol. The lowest BCUT2D eigenvalue weighted by molar-refractivity contribution is -0.146. The van der Waals surface area contributed by atoms with Gasteiger partial charge >= 0.3 is 0 Å². The molecule has 0 heterocycles. The fourth-order valence-electron chi connectivity index (χ4n) is 4.37. The molecule has 0 amide bonds. The van der Waals surface area contributed by atoms with Crippen LogP contribution >= 0.6 is 0 Å². The minimum Gasteiger partial charge on any atom is -0.389 e. The zero-order chi connectivity index (χ0) is 15.0. The Hall–Kier alpha value is -0.410. The summed E-state index contributed by atoms with van der Waals surface area (Å²) < 4.78 is 0. The van der Waals surface area contributed by atoms with Crippen LogP contribution in [0, 0.1) is 16.7 Å². The van der Waals surface area contributed by atoms with Crippen LogP contribution < -0.4 is 5.73 Å². The lowest BCUT2D eigenvalue weighted by Gasteiger charge is -2.53. The van der Waals surface area contributed by atoms with E-state index >= 15 is 0 Å². The Kier molecular flexibility index (Phi) is 4.32. The summed E-state index contributed by atoms with van der Waals surface area (Å²) >= 11 is 0. The summed E-state index contributed by atoms with van der Waals surface area (Å²) in [6.45, 7) is 7.47. The van der Waals surface area contributed by atoms with Crippen molar-refractivity contribution >= 4 is 5.78 Å². The number of carbonyl (C=O) groups is 1. The molecule has 3 heteroatoms. The summed E-state index contributed by atoms with van der Waals surface area (Å²) in [6.07, 6.45) is 6.61. The maximum atomic E-state index is 11.5. The zero-order valence-electron chi connectivity index (χ0n) is 13.4. The molecule has 0 aliphatic heterocycles. The van der Waals surface area contributed by atoms with Crippen molar-refractivity contribution in [2.45, 2.75) is 77.7 Å². The number of hydrogen-bond donors (Lipinski definition) is 2. The van der Waals surface area contributed by atoms with Crippen LogP contribution in [0.4, 0.5) is 0 Å². The van der Waals surface area contributed by atoms with Gasteiger partial charge in [0, 0.05) is 24.8 Å². The highest BCUT2D eigenvalue weighted by molar-refractivity contribution is 5.79. The predicted octanol–water partition coefficient (Wildman–Crippen LogP) is 3.04. The van der Waals surface area contributed by atoms with Crippen LogP contribution in [-0.4, -0.2) is 23.0 Å². The molecule has 0 bridgehead atoms. The first-order valence-electron chi connectivity index (χ1n) is 8.17. The van der Waals surface area contributed by atoms with Crippen molar-refractivity contribution < 1.29 is 9.90 Å². The van der Waals surface area contributed by atoms with Crippen molar-refractivity contribution in [3.05, 3.63) is 0 Å². The van der Waals surface area contributed by atoms with E-state index in [1.54, 1.807) is 0 Å². The average Bonchev–Trinajstić information content (AvgIpc) is 2.41. The summed E-state index contributed by atoms with van der Waals surface area (Å²) in [5.41, 5.74) is 5.57. The van der Waals surface area contributed by atoms with E-state index in [9.17, 15) is 9.90 Å². The van der Waals surface area contributed by atoms with Crippen LogP contribution in [0.25, 0.3) is 0 Å². The normalized spacial score (nSPS) is 35.0. The van der Waals surface area contributed by atoms with Gasteiger partial charge in [-0.1, -0.05) is 20.8 Å². The molecule has 2 rings (SSSR count). The molecule has 2 saturated carbocycles. The van der Waals surface area contributed by atoms with Crippen LogP contribution in [0.3, 0.4) is 0 Å². The van der Waals surface area contributed by atoms with Crippen molar-refractivity contribution in [3.63, 3.8) is 0 Å². The van der Waals surface area contributed by atoms with Crippen molar-refractivity contribution in [3.8, 4) is 0 Å². The Labute approximate surface area is 123 Å². The van der Waals surface area contributed by atoms with E-state index in [4.69, 9.17) is 5.73 Å². The van der Waals surface area contributed by atoms with E-state index in [2.05, 4.69) is 20.8 Å². The molecule has 0 unspecified atom stereocenters. The monoisotopic (exact) mass is 281 g/mol. The summed E-state index contributed by atoms with van der Waals surface area (Å²) in [6, 6.07) is 0. The van der Waals surface area contributed by atoms with Crippen molar-refractivity contribution in [2.75, 3.05) is 6.54 Å². The first kappa shape index (κ1) is 16.0. The minimum atomic E-state index is -0.710. The zero-order valence-corrected chi connectivity index (χ0v) is 13.4. The highest BCUT2D eigenvalue weighted by Gasteiger charge is 2.52. The Morgan fingerprint density at radius 2 is 1.65 bits per heavy atom. The van der Waals surface area contributed by atoms with Gasteiger partial charge in [0.2, 0.25) is 0 Å². The fourth-order valence-corrected chi connectivity index (χ4v) is 4.37. The van der Waals surface area contributed by atoms with Crippen molar-refractivity contribution in [2.24, 2.45) is 22.5 Å². The van der Waals surface area contributed by atoms with Gasteiger partial charge in [-0.05, 0) is 49.9 Å². The van der Waals surface area contributed by atoms with Crippen LogP contribution in [0.15, 0.2) is 0 Å². The lowest BCUT2D eigenvalue weighted by atomic mass is 9.55. The van der Waals surface area contributed by atoms with Gasteiger partial charge in [0.25, 0.3) is 0 Å². The smallest absolute Gasteiger partial charge is 0.133 e. The third-order valence-corrected chi connectivity index (χ3v) is 6.18. The molecule has 116 valence electrons. The number of aliphatic hydroxyl groups is 1. The predicted molar refractivity (Wildman–Crippen MR) is 81.3 cm³/mol. The van der Waals surface area contributed by atoms with E-state index in [0.717, 1.165) is 31.6 Å². The minimum absolute atomic E-state index is 0.157. The second kappa shape index (κ2) is 5.42. The highest BCUT2D eigenvalue weighted by atomic mass is 16.3. The quantitative estimate of drug-likeness (QED) is 0.817. The Balaban J connectivity index is 2.10. The molecule has 3 nitrogen and oxygen atoms in total. The van der Waals surface area contributed by atoms with Crippen molar-refractivity contribution in [1.82, 2.24) is 0 Å². The van der Waals surface area contributed by atoms with E-state index in [1.807, 2.05) is 0 Å².